The second-order valence-electron chi connectivity index (χ2n) is 5.24. The van der Waals surface area contributed by atoms with E-state index < -0.39 is 5.60 Å². The predicted octanol–water partition coefficient (Wildman–Crippen LogP) is -0.226. The maximum Gasteiger partial charge on any atom is 0.0829 e. The molecule has 88 valence electrons. The summed E-state index contributed by atoms with van der Waals surface area (Å²) >= 11 is 0. The molecule has 0 aromatic rings. The molecule has 1 N–H and O–H groups in total. The molecule has 0 amide bonds. The number of morpholine rings is 1. The van der Waals surface area contributed by atoms with Crippen molar-refractivity contribution >= 4 is 0 Å². The number of β-amino-alcohol motifs (C(OH)–C–C–N with tert-alkyl or cyclic N) is 1. The highest BCUT2D eigenvalue weighted by molar-refractivity contribution is 4.87. The van der Waals surface area contributed by atoms with Crippen LogP contribution < -0.4 is 0 Å². The van der Waals surface area contributed by atoms with Crippen molar-refractivity contribution in [3.63, 3.8) is 0 Å². The highest BCUT2D eigenvalue weighted by Gasteiger charge is 2.33. The maximum atomic E-state index is 9.85. The SMILES string of the molecule is CN1CCOC(CN2CCC(C)(O)C2)C1. The highest BCUT2D eigenvalue weighted by Crippen LogP contribution is 2.20. The molecule has 2 atom stereocenters. The third-order valence-electron chi connectivity index (χ3n) is 3.33. The molecule has 4 heteroatoms. The molecule has 2 unspecified atom stereocenters. The topological polar surface area (TPSA) is 35.9 Å². The zero-order chi connectivity index (χ0) is 10.9. The molecule has 2 saturated heterocycles. The lowest BCUT2D eigenvalue weighted by Crippen LogP contribution is -2.46. The van der Waals surface area contributed by atoms with Gasteiger partial charge in [-0.05, 0) is 20.4 Å². The Balaban J connectivity index is 1.77. The molecule has 2 aliphatic heterocycles. The zero-order valence-corrected chi connectivity index (χ0v) is 9.78. The zero-order valence-electron chi connectivity index (χ0n) is 9.78. The molecule has 2 heterocycles. The molecule has 0 radical (unpaired) electrons. The van der Waals surface area contributed by atoms with Crippen LogP contribution in [-0.4, -0.2) is 73.0 Å². The standard InChI is InChI=1S/C11H22N2O2/c1-11(14)3-4-13(9-11)8-10-7-12(2)5-6-15-10/h10,14H,3-9H2,1-2H3. The van der Waals surface area contributed by atoms with Crippen molar-refractivity contribution < 1.29 is 9.84 Å². The van der Waals surface area contributed by atoms with Crippen LogP contribution in [0.4, 0.5) is 0 Å². The molecular weight excluding hydrogens is 192 g/mol. The van der Waals surface area contributed by atoms with E-state index in [2.05, 4.69) is 16.8 Å². The van der Waals surface area contributed by atoms with E-state index in [0.717, 1.165) is 45.8 Å². The van der Waals surface area contributed by atoms with Crippen LogP contribution in [0.5, 0.6) is 0 Å². The van der Waals surface area contributed by atoms with E-state index in [4.69, 9.17) is 4.74 Å². The van der Waals surface area contributed by atoms with Gasteiger partial charge in [0.05, 0.1) is 18.3 Å². The van der Waals surface area contributed by atoms with Crippen LogP contribution in [-0.2, 0) is 4.74 Å². The van der Waals surface area contributed by atoms with Gasteiger partial charge < -0.3 is 14.7 Å². The average Bonchev–Trinajstić information content (AvgIpc) is 2.45. The predicted molar refractivity (Wildman–Crippen MR) is 58.9 cm³/mol. The van der Waals surface area contributed by atoms with E-state index in [1.165, 1.54) is 0 Å². The fourth-order valence-corrected chi connectivity index (χ4v) is 2.46. The van der Waals surface area contributed by atoms with Crippen LogP contribution in [0, 0.1) is 0 Å². The summed E-state index contributed by atoms with van der Waals surface area (Å²) in [5.41, 5.74) is -0.486. The largest absolute Gasteiger partial charge is 0.389 e. The minimum atomic E-state index is -0.486. The number of ether oxygens (including phenoxy) is 1. The Kier molecular flexibility index (Phi) is 3.30. The fraction of sp³-hybridized carbons (Fsp3) is 1.00. The minimum Gasteiger partial charge on any atom is -0.389 e. The molecule has 4 nitrogen and oxygen atoms in total. The Hall–Kier alpha value is -0.160. The number of likely N-dealkylation sites (N-methyl/N-ethyl adjacent to an activating group) is 1. The van der Waals surface area contributed by atoms with E-state index in [1.54, 1.807) is 0 Å². The first-order valence-electron chi connectivity index (χ1n) is 5.80. The molecule has 2 fully saturated rings. The summed E-state index contributed by atoms with van der Waals surface area (Å²) in [5, 5.41) is 9.85. The molecule has 0 saturated carbocycles. The van der Waals surface area contributed by atoms with Gasteiger partial charge in [0.15, 0.2) is 0 Å². The van der Waals surface area contributed by atoms with Crippen LogP contribution in [0.2, 0.25) is 0 Å². The number of hydrogen-bond donors (Lipinski definition) is 1. The van der Waals surface area contributed by atoms with E-state index in [9.17, 15) is 5.11 Å². The first-order chi connectivity index (χ1) is 7.05. The molecule has 0 spiro atoms. The molecular formula is C11H22N2O2. The monoisotopic (exact) mass is 214 g/mol. The lowest BCUT2D eigenvalue weighted by molar-refractivity contribution is -0.0359. The summed E-state index contributed by atoms with van der Waals surface area (Å²) in [4.78, 5) is 4.62. The summed E-state index contributed by atoms with van der Waals surface area (Å²) in [6.45, 7) is 7.55. The Morgan fingerprint density at radius 3 is 2.87 bits per heavy atom. The van der Waals surface area contributed by atoms with Crippen molar-refractivity contribution in [1.82, 2.24) is 9.80 Å². The highest BCUT2D eigenvalue weighted by atomic mass is 16.5. The Morgan fingerprint density at radius 1 is 1.47 bits per heavy atom. The van der Waals surface area contributed by atoms with Gasteiger partial charge in [0, 0.05) is 32.7 Å². The van der Waals surface area contributed by atoms with Gasteiger partial charge in [-0.15, -0.1) is 0 Å². The number of rotatable bonds is 2. The second kappa shape index (κ2) is 4.37. The van der Waals surface area contributed by atoms with Crippen molar-refractivity contribution in [2.45, 2.75) is 25.0 Å². The van der Waals surface area contributed by atoms with Crippen LogP contribution >= 0.6 is 0 Å². The summed E-state index contributed by atoms with van der Waals surface area (Å²) < 4.78 is 5.71. The Labute approximate surface area is 91.8 Å². The average molecular weight is 214 g/mol. The first kappa shape index (κ1) is 11.3. The number of hydrogen-bond acceptors (Lipinski definition) is 4. The van der Waals surface area contributed by atoms with Crippen molar-refractivity contribution in [2.24, 2.45) is 0 Å². The third-order valence-corrected chi connectivity index (χ3v) is 3.33. The van der Waals surface area contributed by atoms with E-state index in [0.29, 0.717) is 6.10 Å². The van der Waals surface area contributed by atoms with Gasteiger partial charge in [-0.2, -0.15) is 0 Å². The van der Waals surface area contributed by atoms with Gasteiger partial charge in [-0.1, -0.05) is 0 Å². The Morgan fingerprint density at radius 2 is 2.27 bits per heavy atom. The van der Waals surface area contributed by atoms with Crippen LogP contribution in [0.1, 0.15) is 13.3 Å². The van der Waals surface area contributed by atoms with Crippen LogP contribution in [0.15, 0.2) is 0 Å². The molecule has 2 aliphatic rings. The van der Waals surface area contributed by atoms with Crippen molar-refractivity contribution in [3.8, 4) is 0 Å². The van der Waals surface area contributed by atoms with Gasteiger partial charge in [-0.3, -0.25) is 4.90 Å². The molecule has 15 heavy (non-hydrogen) atoms. The summed E-state index contributed by atoms with van der Waals surface area (Å²) in [7, 11) is 2.13. The van der Waals surface area contributed by atoms with Crippen molar-refractivity contribution in [3.05, 3.63) is 0 Å². The van der Waals surface area contributed by atoms with Crippen LogP contribution in [0.3, 0.4) is 0 Å². The van der Waals surface area contributed by atoms with Gasteiger partial charge in [0.1, 0.15) is 0 Å². The first-order valence-corrected chi connectivity index (χ1v) is 5.80. The number of nitrogens with zero attached hydrogens (tertiary/aromatic N) is 2. The van der Waals surface area contributed by atoms with Crippen molar-refractivity contribution in [1.29, 1.82) is 0 Å². The lowest BCUT2D eigenvalue weighted by atomic mass is 10.1. The van der Waals surface area contributed by atoms with E-state index >= 15 is 0 Å². The number of aliphatic hydroxyl groups is 1. The van der Waals surface area contributed by atoms with Gasteiger partial charge in [0.2, 0.25) is 0 Å². The van der Waals surface area contributed by atoms with Crippen LogP contribution in [0.25, 0.3) is 0 Å². The minimum absolute atomic E-state index is 0.317. The second-order valence-corrected chi connectivity index (χ2v) is 5.24. The van der Waals surface area contributed by atoms with Crippen molar-refractivity contribution in [2.75, 3.05) is 46.4 Å². The quantitative estimate of drug-likeness (QED) is 0.689. The normalized spacial score (nSPS) is 39.8. The summed E-state index contributed by atoms with van der Waals surface area (Å²) in [6.07, 6.45) is 1.20. The molecule has 2 rings (SSSR count). The molecule has 0 aromatic heterocycles. The lowest BCUT2D eigenvalue weighted by Gasteiger charge is -2.32. The van der Waals surface area contributed by atoms with E-state index in [1.807, 2.05) is 6.92 Å². The number of likely N-dealkylation sites (tertiary alicyclic amines) is 1. The Bertz CT molecular complexity index is 221. The summed E-state index contributed by atoms with van der Waals surface area (Å²) in [5.74, 6) is 0. The third kappa shape index (κ3) is 3.14. The smallest absolute Gasteiger partial charge is 0.0829 e. The molecule has 0 aromatic carbocycles. The van der Waals surface area contributed by atoms with Gasteiger partial charge in [0.25, 0.3) is 0 Å². The summed E-state index contributed by atoms with van der Waals surface area (Å²) in [6, 6.07) is 0. The molecule has 0 bridgehead atoms. The maximum absolute atomic E-state index is 9.85. The fourth-order valence-electron chi connectivity index (χ4n) is 2.46. The van der Waals surface area contributed by atoms with E-state index in [-0.39, 0.29) is 0 Å². The van der Waals surface area contributed by atoms with Gasteiger partial charge >= 0.3 is 0 Å². The molecule has 0 aliphatic carbocycles. The van der Waals surface area contributed by atoms with Gasteiger partial charge in [-0.25, -0.2) is 0 Å².